The van der Waals surface area contributed by atoms with E-state index in [9.17, 15) is 4.79 Å². The Morgan fingerprint density at radius 3 is 2.40 bits per heavy atom. The number of nitrogens with one attached hydrogen (secondary N) is 2. The van der Waals surface area contributed by atoms with Crippen molar-refractivity contribution in [3.63, 3.8) is 0 Å². The zero-order valence-corrected chi connectivity index (χ0v) is 13.6. The van der Waals surface area contributed by atoms with Gasteiger partial charge in [0, 0.05) is 24.7 Å². The van der Waals surface area contributed by atoms with Crippen LogP contribution in [0.3, 0.4) is 0 Å². The number of amides is 1. The molecule has 4 heteroatoms. The highest BCUT2D eigenvalue weighted by molar-refractivity contribution is 5.86. The average molecular weight is 281 g/mol. The molecular weight excluding hydrogens is 250 g/mol. The van der Waals surface area contributed by atoms with Gasteiger partial charge in [0.05, 0.1) is 5.54 Å². The Bertz CT molecular complexity index is 334. The molecular formula is C16H31N3O. The van der Waals surface area contributed by atoms with E-state index in [0.29, 0.717) is 6.04 Å². The van der Waals surface area contributed by atoms with Gasteiger partial charge in [0.2, 0.25) is 5.91 Å². The third-order valence-electron chi connectivity index (χ3n) is 4.90. The molecule has 20 heavy (non-hydrogen) atoms. The van der Waals surface area contributed by atoms with E-state index in [2.05, 4.69) is 36.3 Å². The number of rotatable bonds is 2. The van der Waals surface area contributed by atoms with Crippen LogP contribution >= 0.6 is 0 Å². The normalized spacial score (nSPS) is 30.2. The largest absolute Gasteiger partial charge is 0.352 e. The summed E-state index contributed by atoms with van der Waals surface area (Å²) in [4.78, 5) is 15.0. The van der Waals surface area contributed by atoms with Crippen LogP contribution in [-0.4, -0.2) is 47.6 Å². The van der Waals surface area contributed by atoms with Gasteiger partial charge in [0.1, 0.15) is 0 Å². The van der Waals surface area contributed by atoms with Crippen LogP contribution in [0.15, 0.2) is 0 Å². The van der Waals surface area contributed by atoms with E-state index in [0.717, 1.165) is 45.3 Å². The van der Waals surface area contributed by atoms with E-state index in [1.54, 1.807) is 0 Å². The molecule has 0 bridgehead atoms. The first-order valence-electron chi connectivity index (χ1n) is 8.12. The fourth-order valence-electron chi connectivity index (χ4n) is 3.29. The summed E-state index contributed by atoms with van der Waals surface area (Å²) in [5, 5.41) is 6.67. The number of likely N-dealkylation sites (tertiary alicyclic amines) is 1. The van der Waals surface area contributed by atoms with Crippen molar-refractivity contribution in [2.24, 2.45) is 0 Å². The van der Waals surface area contributed by atoms with Crippen molar-refractivity contribution < 1.29 is 4.79 Å². The summed E-state index contributed by atoms with van der Waals surface area (Å²) in [6, 6.07) is 0.349. The molecule has 1 amide bonds. The molecule has 2 rings (SSSR count). The highest BCUT2D eigenvalue weighted by atomic mass is 16.2. The van der Waals surface area contributed by atoms with Gasteiger partial charge in [-0.2, -0.15) is 0 Å². The Labute approximate surface area is 123 Å². The highest BCUT2D eigenvalue weighted by Crippen LogP contribution is 2.22. The van der Waals surface area contributed by atoms with Gasteiger partial charge < -0.3 is 10.6 Å². The number of nitrogens with zero attached hydrogens (tertiary/aromatic N) is 1. The fraction of sp³-hybridized carbons (Fsp3) is 0.938. The van der Waals surface area contributed by atoms with E-state index >= 15 is 0 Å². The molecule has 0 aromatic heterocycles. The average Bonchev–Trinajstić information content (AvgIpc) is 2.39. The molecule has 0 aromatic carbocycles. The Morgan fingerprint density at radius 1 is 1.25 bits per heavy atom. The minimum absolute atomic E-state index is 0.200. The number of hydrogen-bond acceptors (Lipinski definition) is 3. The fourth-order valence-corrected chi connectivity index (χ4v) is 3.29. The summed E-state index contributed by atoms with van der Waals surface area (Å²) in [6.07, 6.45) is 5.43. The van der Waals surface area contributed by atoms with Crippen molar-refractivity contribution in [2.75, 3.05) is 19.6 Å². The molecule has 2 aliphatic heterocycles. The number of hydrogen-bond donors (Lipinski definition) is 2. The second kappa shape index (κ2) is 6.02. The Morgan fingerprint density at radius 2 is 1.90 bits per heavy atom. The molecule has 116 valence electrons. The first kappa shape index (κ1) is 15.8. The summed E-state index contributed by atoms with van der Waals surface area (Å²) in [6.45, 7) is 12.0. The van der Waals surface area contributed by atoms with Crippen molar-refractivity contribution >= 4 is 5.91 Å². The lowest BCUT2D eigenvalue weighted by atomic mass is 9.89. The van der Waals surface area contributed by atoms with E-state index < -0.39 is 0 Å². The van der Waals surface area contributed by atoms with Crippen molar-refractivity contribution in [1.82, 2.24) is 15.5 Å². The molecule has 1 atom stereocenters. The van der Waals surface area contributed by atoms with Gasteiger partial charge in [0.25, 0.3) is 0 Å². The van der Waals surface area contributed by atoms with Gasteiger partial charge in [-0.1, -0.05) is 0 Å². The minimum Gasteiger partial charge on any atom is -0.352 e. The third-order valence-corrected chi connectivity index (χ3v) is 4.90. The maximum absolute atomic E-state index is 12.5. The molecule has 2 saturated heterocycles. The van der Waals surface area contributed by atoms with Gasteiger partial charge in [-0.15, -0.1) is 0 Å². The van der Waals surface area contributed by atoms with Crippen molar-refractivity contribution in [3.05, 3.63) is 0 Å². The third kappa shape index (κ3) is 3.73. The maximum Gasteiger partial charge on any atom is 0.240 e. The molecule has 2 fully saturated rings. The second-order valence-corrected chi connectivity index (χ2v) is 7.62. The SMILES string of the molecule is CC1(C(=O)NC2CCN(C(C)(C)C)CC2)CCCCN1. The molecule has 0 aliphatic carbocycles. The van der Waals surface area contributed by atoms with Gasteiger partial charge in [-0.25, -0.2) is 0 Å². The lowest BCUT2D eigenvalue weighted by Gasteiger charge is -2.42. The van der Waals surface area contributed by atoms with Crippen LogP contribution in [0.4, 0.5) is 0 Å². The summed E-state index contributed by atoms with van der Waals surface area (Å²) < 4.78 is 0. The summed E-state index contributed by atoms with van der Waals surface area (Å²) in [7, 11) is 0. The van der Waals surface area contributed by atoms with Crippen LogP contribution < -0.4 is 10.6 Å². The second-order valence-electron chi connectivity index (χ2n) is 7.62. The lowest BCUT2D eigenvalue weighted by Crippen LogP contribution is -2.60. The van der Waals surface area contributed by atoms with Crippen LogP contribution in [0.25, 0.3) is 0 Å². The molecule has 0 spiro atoms. The lowest BCUT2D eigenvalue weighted by molar-refractivity contribution is -0.129. The summed E-state index contributed by atoms with van der Waals surface area (Å²) in [5.74, 6) is 0.200. The summed E-state index contributed by atoms with van der Waals surface area (Å²) in [5.41, 5.74) is -0.106. The van der Waals surface area contributed by atoms with Crippen molar-refractivity contribution in [2.45, 2.75) is 76.9 Å². The van der Waals surface area contributed by atoms with E-state index in [4.69, 9.17) is 0 Å². The predicted octanol–water partition coefficient (Wildman–Crippen LogP) is 1.90. The van der Waals surface area contributed by atoms with Gasteiger partial charge >= 0.3 is 0 Å². The molecule has 0 aromatic rings. The zero-order chi connectivity index (χ0) is 14.8. The number of carbonyl (C=O) groups is 1. The standard InChI is InChI=1S/C16H31N3O/c1-15(2,3)19-11-7-13(8-12-19)18-14(20)16(4)9-5-6-10-17-16/h13,17H,5-12H2,1-4H3,(H,18,20). The number of piperidine rings is 2. The maximum atomic E-state index is 12.5. The molecule has 1 unspecified atom stereocenters. The van der Waals surface area contributed by atoms with Crippen molar-refractivity contribution in [3.8, 4) is 0 Å². The number of carbonyl (C=O) groups excluding carboxylic acids is 1. The van der Waals surface area contributed by atoms with Crippen LogP contribution in [0.2, 0.25) is 0 Å². The van der Waals surface area contributed by atoms with Gasteiger partial charge in [-0.05, 0) is 66.3 Å². The van der Waals surface area contributed by atoms with Gasteiger partial charge in [0.15, 0.2) is 0 Å². The first-order valence-corrected chi connectivity index (χ1v) is 8.12. The van der Waals surface area contributed by atoms with Crippen LogP contribution in [-0.2, 0) is 4.79 Å². The van der Waals surface area contributed by atoms with Gasteiger partial charge in [-0.3, -0.25) is 9.69 Å². The monoisotopic (exact) mass is 281 g/mol. The van der Waals surface area contributed by atoms with E-state index in [1.807, 2.05) is 6.92 Å². The molecule has 0 radical (unpaired) electrons. The summed E-state index contributed by atoms with van der Waals surface area (Å²) >= 11 is 0. The minimum atomic E-state index is -0.348. The Hall–Kier alpha value is -0.610. The molecule has 2 aliphatic rings. The quantitative estimate of drug-likeness (QED) is 0.812. The van der Waals surface area contributed by atoms with E-state index in [1.165, 1.54) is 6.42 Å². The highest BCUT2D eigenvalue weighted by Gasteiger charge is 2.36. The Kier molecular flexibility index (Phi) is 4.75. The van der Waals surface area contributed by atoms with Crippen LogP contribution in [0.5, 0.6) is 0 Å². The molecule has 0 saturated carbocycles. The van der Waals surface area contributed by atoms with Crippen LogP contribution in [0, 0.1) is 0 Å². The smallest absolute Gasteiger partial charge is 0.240 e. The van der Waals surface area contributed by atoms with E-state index in [-0.39, 0.29) is 17.0 Å². The predicted molar refractivity (Wildman–Crippen MR) is 82.7 cm³/mol. The Balaban J connectivity index is 1.82. The first-order chi connectivity index (χ1) is 9.31. The van der Waals surface area contributed by atoms with Crippen molar-refractivity contribution in [1.29, 1.82) is 0 Å². The topological polar surface area (TPSA) is 44.4 Å². The molecule has 2 heterocycles. The molecule has 4 nitrogen and oxygen atoms in total. The molecule has 2 N–H and O–H groups in total. The van der Waals surface area contributed by atoms with Crippen LogP contribution in [0.1, 0.15) is 59.8 Å². The zero-order valence-electron chi connectivity index (χ0n) is 13.6.